The van der Waals surface area contributed by atoms with Crippen molar-refractivity contribution in [2.75, 3.05) is 26.3 Å². The van der Waals surface area contributed by atoms with Crippen LogP contribution in [0.1, 0.15) is 20.3 Å². The molecule has 0 fully saturated rings. The van der Waals surface area contributed by atoms with E-state index in [1.165, 1.54) is 0 Å². The molecule has 0 aliphatic carbocycles. The Bertz CT molecular complexity index is 93.6. The predicted octanol–water partition coefficient (Wildman–Crippen LogP) is 1.88. The van der Waals surface area contributed by atoms with Crippen molar-refractivity contribution in [1.82, 2.24) is 4.90 Å². The van der Waals surface area contributed by atoms with Crippen LogP contribution in [0.3, 0.4) is 0 Å². The van der Waals surface area contributed by atoms with Gasteiger partial charge in [0.05, 0.1) is 0 Å². The first-order valence-electron chi connectivity index (χ1n) is 4.29. The van der Waals surface area contributed by atoms with Crippen LogP contribution in [-0.4, -0.2) is 31.2 Å². The second-order valence-corrected chi connectivity index (χ2v) is 2.36. The van der Waals surface area contributed by atoms with Gasteiger partial charge in [0.1, 0.15) is 0 Å². The van der Waals surface area contributed by atoms with E-state index in [2.05, 4.69) is 18.4 Å². The standard InChI is InChI=1S/C9H19NO/c1-4-10(5-2)8-7-9-11-6-3/h4H,1,5-9H2,2-3H3. The Balaban J connectivity index is 3.14. The first-order valence-corrected chi connectivity index (χ1v) is 4.29. The van der Waals surface area contributed by atoms with Gasteiger partial charge in [-0.1, -0.05) is 6.58 Å². The largest absolute Gasteiger partial charge is 0.382 e. The van der Waals surface area contributed by atoms with Gasteiger partial charge in [0.25, 0.3) is 0 Å². The predicted molar refractivity (Wildman–Crippen MR) is 48.6 cm³/mol. The summed E-state index contributed by atoms with van der Waals surface area (Å²) >= 11 is 0. The van der Waals surface area contributed by atoms with Crippen LogP contribution in [0.4, 0.5) is 0 Å². The summed E-state index contributed by atoms with van der Waals surface area (Å²) < 4.78 is 5.21. The van der Waals surface area contributed by atoms with Gasteiger partial charge in [0, 0.05) is 26.3 Å². The maximum absolute atomic E-state index is 5.21. The Hall–Kier alpha value is -0.500. The SMILES string of the molecule is C=CN(CC)CCCOCC. The summed E-state index contributed by atoms with van der Waals surface area (Å²) in [5, 5.41) is 0. The number of ether oxygens (including phenoxy) is 1. The summed E-state index contributed by atoms with van der Waals surface area (Å²) in [7, 11) is 0. The average Bonchev–Trinajstić information content (AvgIpc) is 2.05. The molecule has 2 heteroatoms. The lowest BCUT2D eigenvalue weighted by Gasteiger charge is -2.16. The van der Waals surface area contributed by atoms with Crippen molar-refractivity contribution in [3.63, 3.8) is 0 Å². The molecule has 0 amide bonds. The Morgan fingerprint density at radius 3 is 2.64 bits per heavy atom. The molecule has 0 aliphatic heterocycles. The van der Waals surface area contributed by atoms with Gasteiger partial charge >= 0.3 is 0 Å². The van der Waals surface area contributed by atoms with Gasteiger partial charge in [0.15, 0.2) is 0 Å². The quantitative estimate of drug-likeness (QED) is 0.523. The molecule has 11 heavy (non-hydrogen) atoms. The minimum absolute atomic E-state index is 0.820. The lowest BCUT2D eigenvalue weighted by Crippen LogP contribution is -2.18. The molecule has 0 unspecified atom stereocenters. The van der Waals surface area contributed by atoms with Crippen LogP contribution in [0.25, 0.3) is 0 Å². The second kappa shape index (κ2) is 7.61. The monoisotopic (exact) mass is 157 g/mol. The minimum atomic E-state index is 0.820. The highest BCUT2D eigenvalue weighted by Gasteiger charge is 1.93. The molecule has 0 saturated carbocycles. The maximum Gasteiger partial charge on any atom is 0.0482 e. The summed E-state index contributed by atoms with van der Waals surface area (Å²) in [6, 6.07) is 0. The van der Waals surface area contributed by atoms with Gasteiger partial charge in [-0.05, 0) is 26.5 Å². The van der Waals surface area contributed by atoms with Crippen LogP contribution < -0.4 is 0 Å². The topological polar surface area (TPSA) is 12.5 Å². The number of nitrogens with zero attached hydrogens (tertiary/aromatic N) is 1. The van der Waals surface area contributed by atoms with E-state index in [1.807, 2.05) is 13.1 Å². The molecule has 0 aromatic rings. The molecule has 0 aliphatic rings. The molecular formula is C9H19NO. The molecule has 0 saturated heterocycles. The molecule has 0 aromatic heterocycles. The summed E-state index contributed by atoms with van der Waals surface area (Å²) in [4.78, 5) is 2.18. The van der Waals surface area contributed by atoms with Crippen molar-refractivity contribution in [3.05, 3.63) is 12.8 Å². The molecule has 0 atom stereocenters. The van der Waals surface area contributed by atoms with Crippen LogP contribution in [0.2, 0.25) is 0 Å². The van der Waals surface area contributed by atoms with E-state index in [0.29, 0.717) is 0 Å². The van der Waals surface area contributed by atoms with Gasteiger partial charge in [-0.25, -0.2) is 0 Å². The fraction of sp³-hybridized carbons (Fsp3) is 0.778. The Morgan fingerprint density at radius 1 is 1.45 bits per heavy atom. The number of hydrogen-bond donors (Lipinski definition) is 0. The summed E-state index contributed by atoms with van der Waals surface area (Å²) in [6.45, 7) is 11.6. The van der Waals surface area contributed by atoms with Gasteiger partial charge in [-0.3, -0.25) is 0 Å². The molecule has 0 heterocycles. The third kappa shape index (κ3) is 5.92. The minimum Gasteiger partial charge on any atom is -0.382 e. The molecule has 0 radical (unpaired) electrons. The molecular weight excluding hydrogens is 138 g/mol. The van der Waals surface area contributed by atoms with Crippen LogP contribution in [0, 0.1) is 0 Å². The van der Waals surface area contributed by atoms with E-state index in [-0.39, 0.29) is 0 Å². The zero-order chi connectivity index (χ0) is 8.53. The van der Waals surface area contributed by atoms with E-state index >= 15 is 0 Å². The molecule has 0 bridgehead atoms. The van der Waals surface area contributed by atoms with Gasteiger partial charge in [-0.2, -0.15) is 0 Å². The highest BCUT2D eigenvalue weighted by atomic mass is 16.5. The van der Waals surface area contributed by atoms with E-state index in [9.17, 15) is 0 Å². The van der Waals surface area contributed by atoms with Crippen molar-refractivity contribution in [1.29, 1.82) is 0 Å². The first-order chi connectivity index (χ1) is 5.35. The first kappa shape index (κ1) is 10.5. The van der Waals surface area contributed by atoms with Crippen LogP contribution in [0.15, 0.2) is 12.8 Å². The molecule has 0 rings (SSSR count). The van der Waals surface area contributed by atoms with Crippen molar-refractivity contribution in [2.24, 2.45) is 0 Å². The highest BCUT2D eigenvalue weighted by Crippen LogP contribution is 1.91. The fourth-order valence-electron chi connectivity index (χ4n) is 0.893. The van der Waals surface area contributed by atoms with Crippen LogP contribution in [0.5, 0.6) is 0 Å². The molecule has 0 aromatic carbocycles. The summed E-state index contributed by atoms with van der Waals surface area (Å²) in [5.74, 6) is 0. The Kier molecular flexibility index (Phi) is 7.26. The van der Waals surface area contributed by atoms with E-state index in [1.54, 1.807) is 0 Å². The van der Waals surface area contributed by atoms with Crippen LogP contribution in [-0.2, 0) is 4.74 Å². The zero-order valence-corrected chi connectivity index (χ0v) is 7.68. The lowest BCUT2D eigenvalue weighted by atomic mass is 10.4. The van der Waals surface area contributed by atoms with Gasteiger partial charge in [-0.15, -0.1) is 0 Å². The highest BCUT2D eigenvalue weighted by molar-refractivity contribution is 4.68. The van der Waals surface area contributed by atoms with E-state index in [4.69, 9.17) is 4.74 Å². The molecule has 66 valence electrons. The zero-order valence-electron chi connectivity index (χ0n) is 7.68. The molecule has 0 spiro atoms. The van der Waals surface area contributed by atoms with Crippen molar-refractivity contribution < 1.29 is 4.74 Å². The van der Waals surface area contributed by atoms with Crippen molar-refractivity contribution in [3.8, 4) is 0 Å². The summed E-state index contributed by atoms with van der Waals surface area (Å²) in [6.07, 6.45) is 2.97. The molecule has 0 N–H and O–H groups in total. The second-order valence-electron chi connectivity index (χ2n) is 2.36. The number of rotatable bonds is 7. The van der Waals surface area contributed by atoms with Crippen LogP contribution >= 0.6 is 0 Å². The fourth-order valence-corrected chi connectivity index (χ4v) is 0.893. The molecule has 2 nitrogen and oxygen atoms in total. The third-order valence-electron chi connectivity index (χ3n) is 1.60. The maximum atomic E-state index is 5.21. The Morgan fingerprint density at radius 2 is 2.18 bits per heavy atom. The van der Waals surface area contributed by atoms with Crippen molar-refractivity contribution >= 4 is 0 Å². The van der Waals surface area contributed by atoms with E-state index in [0.717, 1.165) is 32.7 Å². The average molecular weight is 157 g/mol. The smallest absolute Gasteiger partial charge is 0.0482 e. The lowest BCUT2D eigenvalue weighted by molar-refractivity contribution is 0.138. The Labute approximate surface area is 69.8 Å². The normalized spacial score (nSPS) is 9.64. The van der Waals surface area contributed by atoms with Gasteiger partial charge in [0.2, 0.25) is 0 Å². The summed E-state index contributed by atoms with van der Waals surface area (Å²) in [5.41, 5.74) is 0. The van der Waals surface area contributed by atoms with Crippen molar-refractivity contribution in [2.45, 2.75) is 20.3 Å². The van der Waals surface area contributed by atoms with E-state index < -0.39 is 0 Å². The third-order valence-corrected chi connectivity index (χ3v) is 1.60. The van der Waals surface area contributed by atoms with Gasteiger partial charge < -0.3 is 9.64 Å². The number of hydrogen-bond acceptors (Lipinski definition) is 2.